The summed E-state index contributed by atoms with van der Waals surface area (Å²) in [6, 6.07) is 12.1. The van der Waals surface area contributed by atoms with Crippen LogP contribution in [0.2, 0.25) is 0 Å². The predicted molar refractivity (Wildman–Crippen MR) is 88.9 cm³/mol. The molecule has 0 fully saturated rings. The number of ether oxygens (including phenoxy) is 1. The monoisotopic (exact) mass is 359 g/mol. The third kappa shape index (κ3) is 3.66. The Kier molecular flexibility index (Phi) is 4.48. The van der Waals surface area contributed by atoms with Crippen LogP contribution in [0.4, 0.5) is 5.82 Å². The topological polar surface area (TPSA) is 111 Å². The summed E-state index contributed by atoms with van der Waals surface area (Å²) in [7, 11) is -2.37. The van der Waals surface area contributed by atoms with E-state index in [4.69, 9.17) is 9.15 Å². The van der Waals surface area contributed by atoms with Crippen LogP contribution in [0, 0.1) is 0 Å². The van der Waals surface area contributed by atoms with Gasteiger partial charge in [-0.25, -0.2) is 8.42 Å². The average Bonchev–Trinajstić information content (AvgIpc) is 3.11. The minimum atomic E-state index is -3.81. The van der Waals surface area contributed by atoms with Gasteiger partial charge in [-0.1, -0.05) is 0 Å². The van der Waals surface area contributed by atoms with Gasteiger partial charge in [-0.15, -0.1) is 10.2 Å². The molecule has 9 heteroatoms. The van der Waals surface area contributed by atoms with E-state index in [2.05, 4.69) is 14.9 Å². The molecular formula is C16H13N3O5S. The van der Waals surface area contributed by atoms with Crippen LogP contribution < -0.4 is 9.46 Å². The van der Waals surface area contributed by atoms with Crippen LogP contribution in [-0.4, -0.2) is 32.0 Å². The van der Waals surface area contributed by atoms with E-state index in [0.717, 1.165) is 0 Å². The number of carbonyl (C=O) groups is 1. The molecule has 1 aromatic carbocycles. The first kappa shape index (κ1) is 16.7. The number of hydrogen-bond acceptors (Lipinski definition) is 7. The molecule has 2 heterocycles. The van der Waals surface area contributed by atoms with Gasteiger partial charge in [-0.2, -0.15) is 0 Å². The summed E-state index contributed by atoms with van der Waals surface area (Å²) in [5.41, 5.74) is 0.649. The zero-order valence-electron chi connectivity index (χ0n) is 13.0. The zero-order valence-corrected chi connectivity index (χ0v) is 13.9. The van der Waals surface area contributed by atoms with Crippen molar-refractivity contribution in [2.75, 3.05) is 11.8 Å². The summed E-state index contributed by atoms with van der Waals surface area (Å²) < 4.78 is 37.2. The van der Waals surface area contributed by atoms with Crippen molar-refractivity contribution in [3.63, 3.8) is 0 Å². The van der Waals surface area contributed by atoms with E-state index < -0.39 is 10.0 Å². The molecule has 0 radical (unpaired) electrons. The third-order valence-corrected chi connectivity index (χ3v) is 4.65. The Hall–Kier alpha value is -3.20. The SMILES string of the molecule is COc1ccc(NS(=O)(=O)c2ccc(-c3ccc(C=O)o3)cc2)nn1. The Morgan fingerprint density at radius 1 is 1.04 bits per heavy atom. The van der Waals surface area contributed by atoms with Crippen LogP contribution in [-0.2, 0) is 10.0 Å². The number of anilines is 1. The smallest absolute Gasteiger partial charge is 0.263 e. The lowest BCUT2D eigenvalue weighted by atomic mass is 10.2. The fourth-order valence-corrected chi connectivity index (χ4v) is 3.05. The average molecular weight is 359 g/mol. The van der Waals surface area contributed by atoms with Gasteiger partial charge >= 0.3 is 0 Å². The van der Waals surface area contributed by atoms with Gasteiger partial charge in [0.15, 0.2) is 17.9 Å². The maximum absolute atomic E-state index is 12.4. The molecule has 0 spiro atoms. The number of carbonyl (C=O) groups excluding carboxylic acids is 1. The van der Waals surface area contributed by atoms with Crippen LogP contribution in [0.3, 0.4) is 0 Å². The fourth-order valence-electron chi connectivity index (χ4n) is 2.05. The number of hydrogen-bond donors (Lipinski definition) is 1. The first-order chi connectivity index (χ1) is 12.0. The van der Waals surface area contributed by atoms with E-state index in [1.165, 1.54) is 37.4 Å². The highest BCUT2D eigenvalue weighted by Gasteiger charge is 2.16. The number of furan rings is 1. The predicted octanol–water partition coefficient (Wildman–Crippen LogP) is 2.36. The third-order valence-electron chi connectivity index (χ3n) is 3.28. The molecule has 0 bridgehead atoms. The lowest BCUT2D eigenvalue weighted by Crippen LogP contribution is -2.14. The highest BCUT2D eigenvalue weighted by Crippen LogP contribution is 2.24. The fraction of sp³-hybridized carbons (Fsp3) is 0.0625. The maximum Gasteiger partial charge on any atom is 0.263 e. The summed E-state index contributed by atoms with van der Waals surface area (Å²) >= 11 is 0. The lowest BCUT2D eigenvalue weighted by Gasteiger charge is -2.07. The van der Waals surface area contributed by atoms with E-state index in [9.17, 15) is 13.2 Å². The van der Waals surface area contributed by atoms with Crippen LogP contribution in [0.5, 0.6) is 5.88 Å². The minimum absolute atomic E-state index is 0.0519. The van der Waals surface area contributed by atoms with Gasteiger partial charge in [-0.3, -0.25) is 9.52 Å². The van der Waals surface area contributed by atoms with Gasteiger partial charge in [0.1, 0.15) is 5.76 Å². The summed E-state index contributed by atoms with van der Waals surface area (Å²) in [5.74, 6) is 1.03. The van der Waals surface area contributed by atoms with Crippen molar-refractivity contribution in [1.82, 2.24) is 10.2 Å². The molecule has 0 unspecified atom stereocenters. The number of benzene rings is 1. The second-order valence-corrected chi connectivity index (χ2v) is 6.59. The molecule has 8 nitrogen and oxygen atoms in total. The second kappa shape index (κ2) is 6.73. The van der Waals surface area contributed by atoms with Crippen LogP contribution >= 0.6 is 0 Å². The van der Waals surface area contributed by atoms with Crippen molar-refractivity contribution >= 4 is 22.1 Å². The molecule has 0 saturated heterocycles. The zero-order chi connectivity index (χ0) is 17.9. The molecule has 25 heavy (non-hydrogen) atoms. The first-order valence-electron chi connectivity index (χ1n) is 7.08. The number of aromatic nitrogens is 2. The van der Waals surface area contributed by atoms with Gasteiger partial charge in [-0.05, 0) is 42.5 Å². The summed E-state index contributed by atoms with van der Waals surface area (Å²) in [4.78, 5) is 10.7. The standard InChI is InChI=1S/C16H13N3O5S/c1-23-16-9-8-15(17-18-16)19-25(21,22)13-5-2-11(3-6-13)14-7-4-12(10-20)24-14/h2-10H,1H3,(H,17,19). The molecule has 3 aromatic rings. The number of rotatable bonds is 6. The van der Waals surface area contributed by atoms with Gasteiger partial charge < -0.3 is 9.15 Å². The largest absolute Gasteiger partial charge is 0.480 e. The molecule has 0 atom stereocenters. The molecule has 0 saturated carbocycles. The van der Waals surface area contributed by atoms with E-state index in [-0.39, 0.29) is 22.4 Å². The molecule has 0 aliphatic rings. The van der Waals surface area contributed by atoms with Crippen molar-refractivity contribution in [1.29, 1.82) is 0 Å². The minimum Gasteiger partial charge on any atom is -0.480 e. The van der Waals surface area contributed by atoms with Crippen molar-refractivity contribution in [3.8, 4) is 17.2 Å². The van der Waals surface area contributed by atoms with E-state index in [1.807, 2.05) is 0 Å². The summed E-state index contributed by atoms with van der Waals surface area (Å²) in [6.45, 7) is 0. The Morgan fingerprint density at radius 3 is 2.36 bits per heavy atom. The normalized spacial score (nSPS) is 11.1. The second-order valence-electron chi connectivity index (χ2n) is 4.91. The highest BCUT2D eigenvalue weighted by atomic mass is 32.2. The van der Waals surface area contributed by atoms with Gasteiger partial charge in [0.05, 0.1) is 12.0 Å². The molecule has 2 aromatic heterocycles. The van der Waals surface area contributed by atoms with Crippen LogP contribution in [0.15, 0.2) is 57.8 Å². The Bertz CT molecular complexity index is 979. The van der Waals surface area contributed by atoms with Crippen molar-refractivity contribution < 1.29 is 22.4 Å². The number of nitrogens with zero attached hydrogens (tertiary/aromatic N) is 2. The molecule has 0 aliphatic carbocycles. The Morgan fingerprint density at radius 2 is 1.80 bits per heavy atom. The number of methoxy groups -OCH3 is 1. The maximum atomic E-state index is 12.4. The summed E-state index contributed by atoms with van der Waals surface area (Å²) in [5, 5.41) is 7.42. The van der Waals surface area contributed by atoms with E-state index in [0.29, 0.717) is 17.6 Å². The molecule has 0 aliphatic heterocycles. The van der Waals surface area contributed by atoms with Crippen molar-refractivity contribution in [2.45, 2.75) is 4.90 Å². The quantitative estimate of drug-likeness (QED) is 0.672. The van der Waals surface area contributed by atoms with Gasteiger partial charge in [0.25, 0.3) is 10.0 Å². The number of aldehydes is 1. The van der Waals surface area contributed by atoms with Crippen LogP contribution in [0.1, 0.15) is 10.6 Å². The molecule has 1 N–H and O–H groups in total. The highest BCUT2D eigenvalue weighted by molar-refractivity contribution is 7.92. The van der Waals surface area contributed by atoms with Crippen LogP contribution in [0.25, 0.3) is 11.3 Å². The van der Waals surface area contributed by atoms with E-state index >= 15 is 0 Å². The van der Waals surface area contributed by atoms with Gasteiger partial charge in [0.2, 0.25) is 5.88 Å². The molecular weight excluding hydrogens is 346 g/mol. The molecule has 3 rings (SSSR count). The molecule has 128 valence electrons. The Balaban J connectivity index is 1.80. The first-order valence-corrected chi connectivity index (χ1v) is 8.56. The van der Waals surface area contributed by atoms with Crippen molar-refractivity contribution in [3.05, 3.63) is 54.3 Å². The van der Waals surface area contributed by atoms with Crippen molar-refractivity contribution in [2.24, 2.45) is 0 Å². The van der Waals surface area contributed by atoms with E-state index in [1.54, 1.807) is 18.2 Å². The Labute approximate surface area is 143 Å². The summed E-state index contributed by atoms with van der Waals surface area (Å²) in [6.07, 6.45) is 0.599. The van der Waals surface area contributed by atoms with Gasteiger partial charge in [0, 0.05) is 11.6 Å². The number of sulfonamides is 1. The number of nitrogens with one attached hydrogen (secondary N) is 1. The lowest BCUT2D eigenvalue weighted by molar-refractivity contribution is 0.110. The molecule has 0 amide bonds.